The van der Waals surface area contributed by atoms with E-state index in [1.807, 2.05) is 19.1 Å². The van der Waals surface area contributed by atoms with E-state index in [-0.39, 0.29) is 49.6 Å². The van der Waals surface area contributed by atoms with Crippen LogP contribution in [0.1, 0.15) is 63.0 Å². The highest BCUT2D eigenvalue weighted by Gasteiger charge is 2.28. The zero-order valence-electron chi connectivity index (χ0n) is 22.0. The van der Waals surface area contributed by atoms with Gasteiger partial charge in [-0.15, -0.1) is 0 Å². The molecule has 0 aliphatic heterocycles. The molecule has 1 fully saturated rings. The second-order valence-electron chi connectivity index (χ2n) is 9.89. The van der Waals surface area contributed by atoms with Gasteiger partial charge in [0.15, 0.2) is 0 Å². The SMILES string of the molecule is Cc1ccccc1N(CCCC(=O)N(Cc1ccc(F)cc1)[C@H](C)C(=O)NC1CCCCC1)S(C)(=O)=O. The summed E-state index contributed by atoms with van der Waals surface area (Å²) in [6.45, 7) is 3.85. The van der Waals surface area contributed by atoms with Crippen LogP contribution in [0.5, 0.6) is 0 Å². The second kappa shape index (κ2) is 13.0. The van der Waals surface area contributed by atoms with E-state index in [2.05, 4.69) is 5.32 Å². The average Bonchev–Trinajstić information content (AvgIpc) is 2.86. The van der Waals surface area contributed by atoms with E-state index in [1.54, 1.807) is 31.2 Å². The van der Waals surface area contributed by atoms with Crippen molar-refractivity contribution in [1.29, 1.82) is 0 Å². The molecule has 1 saturated carbocycles. The number of amides is 2. The Balaban J connectivity index is 1.71. The van der Waals surface area contributed by atoms with E-state index in [4.69, 9.17) is 0 Å². The molecule has 202 valence electrons. The van der Waals surface area contributed by atoms with Crippen LogP contribution in [-0.2, 0) is 26.2 Å². The standard InChI is InChI=1S/C28H38FN3O4S/c1-21-10-7-8-13-26(21)32(37(3,35)36)19-9-14-27(33)31(20-23-15-17-24(29)18-16-23)22(2)28(34)30-25-11-5-4-6-12-25/h7-8,10,13,15-18,22,25H,4-6,9,11-12,14,19-20H2,1-3H3,(H,30,34)/t22-/m1/s1. The molecule has 0 unspecified atom stereocenters. The zero-order valence-corrected chi connectivity index (χ0v) is 22.8. The number of carbonyl (C=O) groups excluding carboxylic acids is 2. The van der Waals surface area contributed by atoms with Crippen molar-refractivity contribution in [2.75, 3.05) is 17.1 Å². The van der Waals surface area contributed by atoms with Crippen molar-refractivity contribution in [3.05, 3.63) is 65.5 Å². The molecule has 1 aliphatic rings. The molecule has 37 heavy (non-hydrogen) atoms. The number of hydrogen-bond acceptors (Lipinski definition) is 4. The van der Waals surface area contributed by atoms with Crippen LogP contribution in [0.2, 0.25) is 0 Å². The molecule has 0 aromatic heterocycles. The Hall–Kier alpha value is -2.94. The van der Waals surface area contributed by atoms with Crippen molar-refractivity contribution in [3.8, 4) is 0 Å². The number of aryl methyl sites for hydroxylation is 1. The Kier molecular flexibility index (Phi) is 10.1. The van der Waals surface area contributed by atoms with Crippen LogP contribution >= 0.6 is 0 Å². The molecule has 3 rings (SSSR count). The third-order valence-electron chi connectivity index (χ3n) is 6.92. The predicted molar refractivity (Wildman–Crippen MR) is 144 cm³/mol. The summed E-state index contributed by atoms with van der Waals surface area (Å²) in [5, 5.41) is 3.09. The Bertz CT molecular complexity index is 1160. The predicted octanol–water partition coefficient (Wildman–Crippen LogP) is 4.55. The fourth-order valence-electron chi connectivity index (χ4n) is 4.76. The first-order valence-corrected chi connectivity index (χ1v) is 14.8. The number of rotatable bonds is 11. The lowest BCUT2D eigenvalue weighted by molar-refractivity contribution is -0.141. The highest BCUT2D eigenvalue weighted by Crippen LogP contribution is 2.23. The Morgan fingerprint density at radius 2 is 1.70 bits per heavy atom. The van der Waals surface area contributed by atoms with Crippen molar-refractivity contribution in [3.63, 3.8) is 0 Å². The van der Waals surface area contributed by atoms with Gasteiger partial charge in [0.2, 0.25) is 21.8 Å². The summed E-state index contributed by atoms with van der Waals surface area (Å²) in [5.74, 6) is -0.837. The lowest BCUT2D eigenvalue weighted by Crippen LogP contribution is -2.50. The lowest BCUT2D eigenvalue weighted by Gasteiger charge is -2.31. The monoisotopic (exact) mass is 531 g/mol. The van der Waals surface area contributed by atoms with Crippen molar-refractivity contribution in [2.45, 2.75) is 77.4 Å². The van der Waals surface area contributed by atoms with E-state index in [1.165, 1.54) is 27.8 Å². The molecule has 2 amide bonds. The average molecular weight is 532 g/mol. The molecule has 1 atom stereocenters. The summed E-state index contributed by atoms with van der Waals surface area (Å²) in [6.07, 6.45) is 6.71. The molecule has 0 spiro atoms. The zero-order chi connectivity index (χ0) is 27.0. The minimum absolute atomic E-state index is 0.0696. The minimum atomic E-state index is -3.55. The smallest absolute Gasteiger partial charge is 0.242 e. The van der Waals surface area contributed by atoms with Crippen LogP contribution in [0.3, 0.4) is 0 Å². The van der Waals surface area contributed by atoms with Crippen LogP contribution in [-0.4, -0.2) is 50.0 Å². The van der Waals surface area contributed by atoms with Crippen LogP contribution in [0.4, 0.5) is 10.1 Å². The molecule has 0 heterocycles. The first kappa shape index (κ1) is 28.6. The molecule has 2 aromatic rings. The third kappa shape index (κ3) is 8.28. The fourth-order valence-corrected chi connectivity index (χ4v) is 5.79. The first-order valence-electron chi connectivity index (χ1n) is 12.9. The Labute approximate surface area is 220 Å². The summed E-state index contributed by atoms with van der Waals surface area (Å²) in [6, 6.07) is 12.5. The largest absolute Gasteiger partial charge is 0.352 e. The van der Waals surface area contributed by atoms with Crippen molar-refractivity contribution in [1.82, 2.24) is 10.2 Å². The molecule has 2 aromatic carbocycles. The number of nitrogens with zero attached hydrogens (tertiary/aromatic N) is 2. The van der Waals surface area contributed by atoms with Crippen molar-refractivity contribution in [2.24, 2.45) is 0 Å². The summed E-state index contributed by atoms with van der Waals surface area (Å²) < 4.78 is 39.7. The first-order chi connectivity index (χ1) is 17.6. The van der Waals surface area contributed by atoms with E-state index >= 15 is 0 Å². The molecule has 7 nitrogen and oxygen atoms in total. The molecule has 1 N–H and O–H groups in total. The molecule has 0 saturated heterocycles. The third-order valence-corrected chi connectivity index (χ3v) is 8.10. The number of benzene rings is 2. The van der Waals surface area contributed by atoms with Gasteiger partial charge >= 0.3 is 0 Å². The Morgan fingerprint density at radius 1 is 1.05 bits per heavy atom. The number of carbonyl (C=O) groups is 2. The molecule has 0 bridgehead atoms. The van der Waals surface area contributed by atoms with Gasteiger partial charge in [0.05, 0.1) is 11.9 Å². The van der Waals surface area contributed by atoms with Gasteiger partial charge in [-0.3, -0.25) is 13.9 Å². The van der Waals surface area contributed by atoms with Crippen molar-refractivity contribution >= 4 is 27.5 Å². The highest BCUT2D eigenvalue weighted by molar-refractivity contribution is 7.92. The van der Waals surface area contributed by atoms with Crippen LogP contribution < -0.4 is 9.62 Å². The van der Waals surface area contributed by atoms with E-state index in [9.17, 15) is 22.4 Å². The number of anilines is 1. The summed E-state index contributed by atoms with van der Waals surface area (Å²) in [4.78, 5) is 28.0. The fraction of sp³-hybridized carbons (Fsp3) is 0.500. The van der Waals surface area contributed by atoms with Gasteiger partial charge in [0, 0.05) is 25.6 Å². The second-order valence-corrected chi connectivity index (χ2v) is 11.8. The number of nitrogens with one attached hydrogen (secondary N) is 1. The topological polar surface area (TPSA) is 86.8 Å². The minimum Gasteiger partial charge on any atom is -0.352 e. The maximum Gasteiger partial charge on any atom is 0.242 e. The molecule has 0 radical (unpaired) electrons. The van der Waals surface area contributed by atoms with Gasteiger partial charge in [-0.1, -0.05) is 49.6 Å². The maximum absolute atomic E-state index is 13.4. The van der Waals surface area contributed by atoms with Gasteiger partial charge in [0.25, 0.3) is 0 Å². The van der Waals surface area contributed by atoms with Gasteiger partial charge in [-0.2, -0.15) is 0 Å². The van der Waals surface area contributed by atoms with E-state index in [0.717, 1.165) is 37.5 Å². The highest BCUT2D eigenvalue weighted by atomic mass is 32.2. The summed E-state index contributed by atoms with van der Waals surface area (Å²) >= 11 is 0. The van der Waals surface area contributed by atoms with Gasteiger partial charge in [-0.05, 0) is 62.4 Å². The van der Waals surface area contributed by atoms with Crippen LogP contribution in [0.25, 0.3) is 0 Å². The number of sulfonamides is 1. The lowest BCUT2D eigenvalue weighted by atomic mass is 9.95. The number of para-hydroxylation sites is 1. The van der Waals surface area contributed by atoms with Gasteiger partial charge < -0.3 is 10.2 Å². The normalized spacial score (nSPS) is 15.1. The number of halogens is 1. The summed E-state index contributed by atoms with van der Waals surface area (Å²) in [7, 11) is -3.55. The van der Waals surface area contributed by atoms with Crippen LogP contribution in [0, 0.1) is 12.7 Å². The summed E-state index contributed by atoms with van der Waals surface area (Å²) in [5.41, 5.74) is 2.12. The Morgan fingerprint density at radius 3 is 2.32 bits per heavy atom. The van der Waals surface area contributed by atoms with Gasteiger partial charge in [-0.25, -0.2) is 12.8 Å². The molecular formula is C28H38FN3O4S. The quantitative estimate of drug-likeness (QED) is 0.461. The van der Waals surface area contributed by atoms with Gasteiger partial charge in [0.1, 0.15) is 11.9 Å². The molecule has 9 heteroatoms. The van der Waals surface area contributed by atoms with Crippen LogP contribution in [0.15, 0.2) is 48.5 Å². The number of hydrogen-bond donors (Lipinski definition) is 1. The molecular weight excluding hydrogens is 493 g/mol. The van der Waals surface area contributed by atoms with E-state index in [0.29, 0.717) is 11.3 Å². The van der Waals surface area contributed by atoms with Crippen molar-refractivity contribution < 1.29 is 22.4 Å². The van der Waals surface area contributed by atoms with E-state index < -0.39 is 16.1 Å². The maximum atomic E-state index is 13.4. The molecule has 1 aliphatic carbocycles.